The van der Waals surface area contributed by atoms with Crippen molar-refractivity contribution in [1.82, 2.24) is 4.57 Å². The maximum Gasteiger partial charge on any atom is 0.585 e. The zero-order valence-electron chi connectivity index (χ0n) is 28.5. The normalized spacial score (nSPS) is 19.4. The second kappa shape index (κ2) is 13.9. The minimum atomic E-state index is -3.73. The fraction of sp³-hybridized carbons (Fsp3) is 0.375. The predicted molar refractivity (Wildman–Crippen MR) is 185 cm³/mol. The first kappa shape index (κ1) is 34.9. The number of alkyl halides is 2. The van der Waals surface area contributed by atoms with Gasteiger partial charge >= 0.3 is 6.29 Å². The number of amides is 1. The first-order chi connectivity index (χ1) is 24.4. The molecule has 268 valence electrons. The second-order valence-corrected chi connectivity index (χ2v) is 14.3. The fourth-order valence-electron chi connectivity index (χ4n) is 7.03. The van der Waals surface area contributed by atoms with Crippen LogP contribution in [0.4, 0.5) is 18.9 Å². The molecule has 1 aliphatic heterocycles. The number of benzene rings is 3. The number of anilines is 1. The van der Waals surface area contributed by atoms with Gasteiger partial charge in [-0.3, -0.25) is 4.79 Å². The molecule has 4 aromatic rings. The van der Waals surface area contributed by atoms with Crippen molar-refractivity contribution in [3.8, 4) is 0 Å². The minimum Gasteiger partial charge on any atom is -0.400 e. The van der Waals surface area contributed by atoms with Gasteiger partial charge in [0.05, 0.1) is 55.7 Å². The Morgan fingerprint density at radius 2 is 1.67 bits per heavy atom. The van der Waals surface area contributed by atoms with Crippen LogP contribution in [0.2, 0.25) is 0 Å². The number of aliphatic hydroxyl groups excluding tert-OH is 1. The zero-order valence-corrected chi connectivity index (χ0v) is 28.5. The van der Waals surface area contributed by atoms with E-state index in [-0.39, 0.29) is 42.7 Å². The van der Waals surface area contributed by atoms with Crippen molar-refractivity contribution in [3.05, 3.63) is 125 Å². The third-order valence-electron chi connectivity index (χ3n) is 9.90. The summed E-state index contributed by atoms with van der Waals surface area (Å²) in [6.45, 7) is 5.39. The van der Waals surface area contributed by atoms with Gasteiger partial charge in [0.1, 0.15) is 11.6 Å². The number of hydrogen-bond donors (Lipinski definition) is 2. The average molecular weight is 703 g/mol. The van der Waals surface area contributed by atoms with Gasteiger partial charge < -0.3 is 33.9 Å². The van der Waals surface area contributed by atoms with E-state index in [1.807, 2.05) is 85.1 Å². The molecule has 2 heterocycles. The lowest BCUT2D eigenvalue weighted by molar-refractivity contribution is -0.336. The van der Waals surface area contributed by atoms with E-state index >= 15 is 4.39 Å². The van der Waals surface area contributed by atoms with Gasteiger partial charge in [-0.2, -0.15) is 0 Å². The molecule has 3 aromatic carbocycles. The third kappa shape index (κ3) is 7.56. The van der Waals surface area contributed by atoms with Crippen molar-refractivity contribution in [3.63, 3.8) is 0 Å². The first-order valence-electron chi connectivity index (χ1n) is 17.2. The highest BCUT2D eigenvalue weighted by molar-refractivity contribution is 5.99. The van der Waals surface area contributed by atoms with Gasteiger partial charge in [0.25, 0.3) is 0 Å². The van der Waals surface area contributed by atoms with E-state index in [1.54, 1.807) is 12.1 Å². The van der Waals surface area contributed by atoms with Crippen molar-refractivity contribution in [2.24, 2.45) is 11.3 Å². The second-order valence-electron chi connectivity index (χ2n) is 14.3. The summed E-state index contributed by atoms with van der Waals surface area (Å²) in [5, 5.41) is 14.6. The molecular weight excluding hydrogens is 661 g/mol. The summed E-state index contributed by atoms with van der Waals surface area (Å²) in [5.74, 6) is -1.45. The van der Waals surface area contributed by atoms with Crippen LogP contribution in [0.3, 0.4) is 0 Å². The molecule has 8 nitrogen and oxygen atoms in total. The Labute approximate surface area is 294 Å². The quantitative estimate of drug-likeness (QED) is 0.139. The number of ether oxygens (including phenoxy) is 4. The SMILES string of the molecule is CC(C)(COCc1ccccc1)c1cc2cc(NC(=O)C3(C4C=CC5=C(C4)OC(F)(F)O5)CC3)c(F)cc2n1CC(O)COCc1ccccc1. The van der Waals surface area contributed by atoms with Gasteiger partial charge in [0, 0.05) is 29.0 Å². The van der Waals surface area contributed by atoms with Crippen molar-refractivity contribution in [1.29, 1.82) is 0 Å². The highest BCUT2D eigenvalue weighted by Gasteiger charge is 2.57. The summed E-state index contributed by atoms with van der Waals surface area (Å²) in [5.41, 5.74) is 1.98. The molecule has 2 unspecified atom stereocenters. The van der Waals surface area contributed by atoms with Gasteiger partial charge in [-0.05, 0) is 48.1 Å². The van der Waals surface area contributed by atoms with E-state index in [4.69, 9.17) is 9.47 Å². The number of nitrogens with zero attached hydrogens (tertiary/aromatic N) is 1. The summed E-state index contributed by atoms with van der Waals surface area (Å²) >= 11 is 0. The number of carbonyl (C=O) groups is 1. The van der Waals surface area contributed by atoms with Gasteiger partial charge in [-0.25, -0.2) is 4.39 Å². The van der Waals surface area contributed by atoms with Crippen LogP contribution in [-0.4, -0.2) is 41.2 Å². The molecule has 0 radical (unpaired) electrons. The first-order valence-corrected chi connectivity index (χ1v) is 17.2. The fourth-order valence-corrected chi connectivity index (χ4v) is 7.03. The van der Waals surface area contributed by atoms with E-state index in [9.17, 15) is 18.7 Å². The van der Waals surface area contributed by atoms with Crippen LogP contribution in [0.25, 0.3) is 10.9 Å². The van der Waals surface area contributed by atoms with Gasteiger partial charge in [-0.1, -0.05) is 80.6 Å². The number of aromatic nitrogens is 1. The molecule has 1 amide bonds. The summed E-state index contributed by atoms with van der Waals surface area (Å²) in [4.78, 5) is 13.7. The number of rotatable bonds is 14. The Hall–Kier alpha value is -4.58. The maximum absolute atomic E-state index is 15.9. The molecule has 11 heteroatoms. The van der Waals surface area contributed by atoms with Gasteiger partial charge in [0.2, 0.25) is 5.91 Å². The minimum absolute atomic E-state index is 0.0102. The molecule has 2 N–H and O–H groups in total. The Morgan fingerprint density at radius 1 is 1.00 bits per heavy atom. The molecule has 0 saturated heterocycles. The van der Waals surface area contributed by atoms with E-state index in [2.05, 4.69) is 14.8 Å². The number of hydrogen-bond acceptors (Lipinski definition) is 6. The molecule has 1 fully saturated rings. The van der Waals surface area contributed by atoms with Gasteiger partial charge in [0.15, 0.2) is 5.76 Å². The van der Waals surface area contributed by atoms with Crippen LogP contribution in [0, 0.1) is 17.2 Å². The Bertz CT molecular complexity index is 1950. The molecule has 3 aliphatic rings. The van der Waals surface area contributed by atoms with Crippen LogP contribution in [0.1, 0.15) is 49.9 Å². The topological polar surface area (TPSA) is 91.2 Å². The summed E-state index contributed by atoms with van der Waals surface area (Å²) < 4.78 is 66.3. The number of carbonyl (C=O) groups excluding carboxylic acids is 1. The molecule has 0 spiro atoms. The summed E-state index contributed by atoms with van der Waals surface area (Å²) in [6, 6.07) is 24.4. The third-order valence-corrected chi connectivity index (χ3v) is 9.90. The number of allylic oxidation sites excluding steroid dienone is 3. The number of aliphatic hydroxyl groups is 1. The van der Waals surface area contributed by atoms with Crippen LogP contribution >= 0.6 is 0 Å². The molecule has 1 saturated carbocycles. The molecule has 2 aliphatic carbocycles. The van der Waals surface area contributed by atoms with Crippen LogP contribution in [0.5, 0.6) is 0 Å². The largest absolute Gasteiger partial charge is 0.585 e. The highest BCUT2D eigenvalue weighted by atomic mass is 19.3. The average Bonchev–Trinajstić information content (AvgIpc) is 3.75. The van der Waals surface area contributed by atoms with Crippen molar-refractivity contribution in [2.75, 3.05) is 18.5 Å². The Kier molecular flexibility index (Phi) is 9.47. The standard InChI is InChI=1S/C40H41F3N2O6/c1-38(2,25-49-23-27-11-7-4-8-12-27)36-18-28-17-32(31(41)20-33(28)45(36)21-30(46)24-48-22-26-9-5-3-6-10-26)44-37(47)39(15-16-39)29-13-14-34-35(19-29)51-40(42,43)50-34/h3-14,17-18,20,29-30,46H,15-16,19,21-25H2,1-2H3,(H,44,47). The van der Waals surface area contributed by atoms with E-state index in [0.29, 0.717) is 43.6 Å². The molecule has 1 aromatic heterocycles. The molecule has 7 rings (SSSR count). The molecule has 2 atom stereocenters. The summed E-state index contributed by atoms with van der Waals surface area (Å²) in [6.07, 6.45) is -0.375. The van der Waals surface area contributed by atoms with Crippen LogP contribution in [-0.2, 0) is 48.9 Å². The van der Waals surface area contributed by atoms with E-state index < -0.39 is 35.0 Å². The molecule has 0 bridgehead atoms. The Morgan fingerprint density at radius 3 is 2.33 bits per heavy atom. The number of halogens is 3. The lowest BCUT2D eigenvalue weighted by atomic mass is 9.82. The maximum atomic E-state index is 15.9. The van der Waals surface area contributed by atoms with Crippen LogP contribution < -0.4 is 5.32 Å². The van der Waals surface area contributed by atoms with Gasteiger partial charge in [-0.15, -0.1) is 8.78 Å². The predicted octanol–water partition coefficient (Wildman–Crippen LogP) is 7.96. The Balaban J connectivity index is 1.11. The molecular formula is C40H41F3N2O6. The smallest absolute Gasteiger partial charge is 0.400 e. The monoisotopic (exact) mass is 702 g/mol. The van der Waals surface area contributed by atoms with E-state index in [1.165, 1.54) is 12.1 Å². The lowest BCUT2D eigenvalue weighted by Gasteiger charge is -2.28. The highest BCUT2D eigenvalue weighted by Crippen LogP contribution is 2.57. The van der Waals surface area contributed by atoms with Crippen molar-refractivity contribution in [2.45, 2.75) is 70.7 Å². The molecule has 51 heavy (non-hydrogen) atoms. The number of nitrogens with one attached hydrogen (secondary N) is 1. The summed E-state index contributed by atoms with van der Waals surface area (Å²) in [7, 11) is 0. The van der Waals surface area contributed by atoms with Crippen LogP contribution in [0.15, 0.2) is 103 Å². The van der Waals surface area contributed by atoms with E-state index in [0.717, 1.165) is 16.8 Å². The number of fused-ring (bicyclic) bond motifs is 1. The van der Waals surface area contributed by atoms with Crippen molar-refractivity contribution < 1.29 is 42.0 Å². The lowest BCUT2D eigenvalue weighted by Crippen LogP contribution is -2.32. The zero-order chi connectivity index (χ0) is 35.8. The van der Waals surface area contributed by atoms with Crippen molar-refractivity contribution >= 4 is 22.5 Å².